The predicted octanol–water partition coefficient (Wildman–Crippen LogP) is 3.56. The van der Waals surface area contributed by atoms with Gasteiger partial charge in [-0.1, -0.05) is 74.5 Å². The first-order valence-corrected chi connectivity index (χ1v) is 10.8. The summed E-state index contributed by atoms with van der Waals surface area (Å²) in [5, 5.41) is 10.9. The molecule has 0 heterocycles. The molecule has 3 rings (SSSR count). The smallest absolute Gasteiger partial charge is 0.262 e. The van der Waals surface area contributed by atoms with Crippen molar-refractivity contribution in [2.75, 3.05) is 0 Å². The highest BCUT2D eigenvalue weighted by molar-refractivity contribution is 7.89. The number of hydroxylamine groups is 1. The van der Waals surface area contributed by atoms with Gasteiger partial charge in [-0.25, -0.2) is 13.9 Å². The third-order valence-electron chi connectivity index (χ3n) is 4.83. The molecule has 0 aliphatic heterocycles. The van der Waals surface area contributed by atoms with Gasteiger partial charge in [0.25, 0.3) is 5.91 Å². The van der Waals surface area contributed by atoms with Crippen LogP contribution in [0.3, 0.4) is 0 Å². The van der Waals surface area contributed by atoms with Gasteiger partial charge in [-0.3, -0.25) is 10.0 Å². The zero-order valence-electron chi connectivity index (χ0n) is 16.3. The van der Waals surface area contributed by atoms with E-state index in [9.17, 15) is 18.4 Å². The van der Waals surface area contributed by atoms with Gasteiger partial charge >= 0.3 is 0 Å². The van der Waals surface area contributed by atoms with Crippen LogP contribution in [0.1, 0.15) is 19.4 Å². The van der Waals surface area contributed by atoms with E-state index >= 15 is 0 Å². The van der Waals surface area contributed by atoms with E-state index in [1.165, 1.54) is 0 Å². The molecule has 6 nitrogen and oxygen atoms in total. The topological polar surface area (TPSA) is 86.7 Å². The van der Waals surface area contributed by atoms with E-state index in [-0.39, 0.29) is 17.4 Å². The number of nitrogens with zero attached hydrogens (tertiary/aromatic N) is 1. The molecular formula is C22H24N2O4S. The Balaban J connectivity index is 2.12. The summed E-state index contributed by atoms with van der Waals surface area (Å²) in [6.07, 6.45) is 0. The second kappa shape index (κ2) is 8.73. The molecule has 29 heavy (non-hydrogen) atoms. The van der Waals surface area contributed by atoms with Crippen LogP contribution >= 0.6 is 0 Å². The van der Waals surface area contributed by atoms with Crippen LogP contribution in [0.25, 0.3) is 10.8 Å². The number of carbonyl (C=O) groups excluding carboxylic acids is 1. The van der Waals surface area contributed by atoms with Crippen LogP contribution in [0.2, 0.25) is 0 Å². The molecule has 1 amide bonds. The Bertz CT molecular complexity index is 1100. The summed E-state index contributed by atoms with van der Waals surface area (Å²) in [7, 11) is -4.03. The van der Waals surface area contributed by atoms with Gasteiger partial charge in [0.05, 0.1) is 4.90 Å². The minimum Gasteiger partial charge on any atom is -0.289 e. The summed E-state index contributed by atoms with van der Waals surface area (Å²) in [6.45, 7) is 3.49. The quantitative estimate of drug-likeness (QED) is 0.459. The summed E-state index contributed by atoms with van der Waals surface area (Å²) < 4.78 is 28.4. The molecule has 0 saturated heterocycles. The summed E-state index contributed by atoms with van der Waals surface area (Å²) >= 11 is 0. The highest BCUT2D eigenvalue weighted by atomic mass is 32.2. The van der Waals surface area contributed by atoms with Gasteiger partial charge in [-0.05, 0) is 34.4 Å². The van der Waals surface area contributed by atoms with E-state index in [1.54, 1.807) is 49.7 Å². The number of hydrogen-bond donors (Lipinski definition) is 2. The Labute approximate surface area is 170 Å². The Hall–Kier alpha value is -2.74. The molecular weight excluding hydrogens is 388 g/mol. The van der Waals surface area contributed by atoms with Crippen LogP contribution in [0, 0.1) is 5.92 Å². The fraction of sp³-hybridized carbons (Fsp3) is 0.227. The second-order valence-corrected chi connectivity index (χ2v) is 9.10. The SMILES string of the molecule is CC(C)C(C(=O)NO)N(Cc1ccccc1)S(=O)(=O)c1ccc2ccccc2c1. The van der Waals surface area contributed by atoms with E-state index in [0.717, 1.165) is 20.6 Å². The van der Waals surface area contributed by atoms with Crippen molar-refractivity contribution in [3.63, 3.8) is 0 Å². The molecule has 0 aromatic heterocycles. The van der Waals surface area contributed by atoms with Gasteiger partial charge in [-0.2, -0.15) is 4.31 Å². The standard InChI is InChI=1S/C22H24N2O4S/c1-16(2)21(22(25)23-26)24(15-17-8-4-3-5-9-17)29(27,28)20-13-12-18-10-6-7-11-19(18)14-20/h3-14,16,21,26H,15H2,1-2H3,(H,23,25). The normalized spacial score (nSPS) is 13.0. The van der Waals surface area contributed by atoms with Gasteiger partial charge in [0, 0.05) is 6.54 Å². The molecule has 3 aromatic rings. The number of carbonyl (C=O) groups is 1. The van der Waals surface area contributed by atoms with Gasteiger partial charge in [0.2, 0.25) is 10.0 Å². The Morgan fingerprint density at radius 2 is 1.59 bits per heavy atom. The van der Waals surface area contributed by atoms with Gasteiger partial charge in [-0.15, -0.1) is 0 Å². The molecule has 3 aromatic carbocycles. The summed E-state index contributed by atoms with van der Waals surface area (Å²) in [4.78, 5) is 12.5. The first kappa shape index (κ1) is 21.0. The average molecular weight is 413 g/mol. The molecule has 1 unspecified atom stereocenters. The molecule has 1 atom stereocenters. The largest absolute Gasteiger partial charge is 0.289 e. The van der Waals surface area contributed by atoms with E-state index < -0.39 is 22.0 Å². The third-order valence-corrected chi connectivity index (χ3v) is 6.65. The Morgan fingerprint density at radius 1 is 0.966 bits per heavy atom. The molecule has 0 aliphatic rings. The zero-order chi connectivity index (χ0) is 21.0. The number of rotatable bonds is 7. The van der Waals surface area contributed by atoms with Crippen molar-refractivity contribution in [3.8, 4) is 0 Å². The maximum atomic E-state index is 13.6. The molecule has 2 N–H and O–H groups in total. The summed E-state index contributed by atoms with van der Waals surface area (Å²) in [6, 6.07) is 20.4. The minimum absolute atomic E-state index is 0.00622. The van der Waals surface area contributed by atoms with E-state index in [0.29, 0.717) is 0 Å². The zero-order valence-corrected chi connectivity index (χ0v) is 17.1. The molecule has 0 spiro atoms. The van der Waals surface area contributed by atoms with Gasteiger partial charge in [0.15, 0.2) is 0 Å². The van der Waals surface area contributed by atoms with Crippen molar-refractivity contribution in [3.05, 3.63) is 78.4 Å². The highest BCUT2D eigenvalue weighted by Crippen LogP contribution is 2.27. The van der Waals surface area contributed by atoms with Crippen molar-refractivity contribution >= 4 is 26.7 Å². The molecule has 152 valence electrons. The fourth-order valence-corrected chi connectivity index (χ4v) is 5.14. The maximum Gasteiger partial charge on any atom is 0.262 e. The monoisotopic (exact) mass is 412 g/mol. The van der Waals surface area contributed by atoms with Crippen LogP contribution < -0.4 is 5.48 Å². The van der Waals surface area contributed by atoms with Crippen molar-refractivity contribution in [1.82, 2.24) is 9.79 Å². The van der Waals surface area contributed by atoms with Crippen molar-refractivity contribution in [2.24, 2.45) is 5.92 Å². The third kappa shape index (κ3) is 4.48. The highest BCUT2D eigenvalue weighted by Gasteiger charge is 2.38. The van der Waals surface area contributed by atoms with Crippen LogP contribution in [-0.2, 0) is 21.4 Å². The number of benzene rings is 3. The lowest BCUT2D eigenvalue weighted by Crippen LogP contribution is -2.51. The van der Waals surface area contributed by atoms with Gasteiger partial charge < -0.3 is 0 Å². The molecule has 0 radical (unpaired) electrons. The van der Waals surface area contributed by atoms with Crippen LogP contribution in [-0.4, -0.2) is 29.9 Å². The summed E-state index contributed by atoms with van der Waals surface area (Å²) in [5.41, 5.74) is 2.36. The molecule has 0 fully saturated rings. The van der Waals surface area contributed by atoms with Crippen LogP contribution in [0.15, 0.2) is 77.7 Å². The number of amides is 1. The molecule has 0 aliphatic carbocycles. The van der Waals surface area contributed by atoms with E-state index in [1.807, 2.05) is 42.5 Å². The molecule has 0 saturated carbocycles. The first-order chi connectivity index (χ1) is 13.8. The van der Waals surface area contributed by atoms with Crippen LogP contribution in [0.5, 0.6) is 0 Å². The van der Waals surface area contributed by atoms with Crippen molar-refractivity contribution in [1.29, 1.82) is 0 Å². The summed E-state index contributed by atoms with van der Waals surface area (Å²) in [5.74, 6) is -1.12. The Morgan fingerprint density at radius 3 is 2.21 bits per heavy atom. The molecule has 7 heteroatoms. The maximum absolute atomic E-state index is 13.6. The molecule has 0 bridgehead atoms. The number of nitrogens with one attached hydrogen (secondary N) is 1. The predicted molar refractivity (Wildman–Crippen MR) is 112 cm³/mol. The van der Waals surface area contributed by atoms with Crippen molar-refractivity contribution < 1.29 is 18.4 Å². The van der Waals surface area contributed by atoms with E-state index in [4.69, 9.17) is 0 Å². The number of fused-ring (bicyclic) bond motifs is 1. The second-order valence-electron chi connectivity index (χ2n) is 7.21. The fourth-order valence-electron chi connectivity index (χ4n) is 3.39. The lowest BCUT2D eigenvalue weighted by Gasteiger charge is -2.32. The minimum atomic E-state index is -4.03. The van der Waals surface area contributed by atoms with Crippen molar-refractivity contribution in [2.45, 2.75) is 31.3 Å². The average Bonchev–Trinajstić information content (AvgIpc) is 2.73. The number of hydrogen-bond acceptors (Lipinski definition) is 4. The first-order valence-electron chi connectivity index (χ1n) is 9.33. The van der Waals surface area contributed by atoms with Gasteiger partial charge in [0.1, 0.15) is 6.04 Å². The Kier molecular flexibility index (Phi) is 6.32. The van der Waals surface area contributed by atoms with Crippen LogP contribution in [0.4, 0.5) is 0 Å². The number of sulfonamides is 1. The lowest BCUT2D eigenvalue weighted by atomic mass is 10.0. The van der Waals surface area contributed by atoms with E-state index in [2.05, 4.69) is 0 Å². The lowest BCUT2D eigenvalue weighted by molar-refractivity contribution is -0.134.